The van der Waals surface area contributed by atoms with E-state index in [9.17, 15) is 18.3 Å². The van der Waals surface area contributed by atoms with Crippen molar-refractivity contribution < 1.29 is 23.1 Å². The van der Waals surface area contributed by atoms with E-state index in [0.29, 0.717) is 5.56 Å². The van der Waals surface area contributed by atoms with E-state index in [1.807, 2.05) is 0 Å². The van der Waals surface area contributed by atoms with Crippen LogP contribution in [0.5, 0.6) is 0 Å². The van der Waals surface area contributed by atoms with Gasteiger partial charge in [-0.15, -0.1) is 0 Å². The summed E-state index contributed by atoms with van der Waals surface area (Å²) in [6.07, 6.45) is -0.811. The number of rotatable bonds is 5. The number of aliphatic hydroxyl groups excluding tert-OH is 1. The van der Waals surface area contributed by atoms with Crippen LogP contribution in [0.2, 0.25) is 0 Å². The first kappa shape index (κ1) is 14.7. The normalized spacial score (nSPS) is 13.1. The molecule has 1 rings (SSSR count). The van der Waals surface area contributed by atoms with Crippen molar-refractivity contribution in [2.24, 2.45) is 0 Å². The molecule has 0 fully saturated rings. The lowest BCUT2D eigenvalue weighted by Crippen LogP contribution is -2.12. The number of hydrogen-bond donors (Lipinski definition) is 1. The minimum Gasteiger partial charge on any atom is -0.469 e. The van der Waals surface area contributed by atoms with Crippen LogP contribution in [0.1, 0.15) is 25.0 Å². The van der Waals surface area contributed by atoms with Crippen LogP contribution >= 0.6 is 0 Å². The molecule has 0 aliphatic carbocycles. The Hall–Kier alpha value is -1.40. The Bertz CT molecular complexity index is 502. The van der Waals surface area contributed by atoms with Gasteiger partial charge in [0.25, 0.3) is 0 Å². The molecule has 0 saturated heterocycles. The first-order chi connectivity index (χ1) is 8.36. The number of ether oxygens (including phenoxy) is 1. The van der Waals surface area contributed by atoms with Crippen LogP contribution in [0.4, 0.5) is 0 Å². The fourth-order valence-electron chi connectivity index (χ4n) is 1.39. The number of aliphatic hydroxyl groups is 1. The molecule has 1 aromatic rings. The maximum Gasteiger partial charge on any atom is 0.306 e. The number of esters is 1. The van der Waals surface area contributed by atoms with E-state index in [-0.39, 0.29) is 17.1 Å². The molecule has 0 amide bonds. The lowest BCUT2D eigenvalue weighted by molar-refractivity contribution is -0.140. The summed E-state index contributed by atoms with van der Waals surface area (Å²) in [7, 11) is -2.28. The number of methoxy groups -OCH3 is 1. The predicted octanol–water partition coefficient (Wildman–Crippen LogP) is 1.08. The van der Waals surface area contributed by atoms with Crippen molar-refractivity contribution >= 4 is 15.8 Å². The molecule has 18 heavy (non-hydrogen) atoms. The van der Waals surface area contributed by atoms with Gasteiger partial charge in [-0.1, -0.05) is 12.1 Å². The van der Waals surface area contributed by atoms with Gasteiger partial charge in [-0.3, -0.25) is 4.79 Å². The number of carbonyl (C=O) groups is 1. The van der Waals surface area contributed by atoms with Crippen LogP contribution in [-0.4, -0.2) is 32.4 Å². The molecule has 1 N–H and O–H groups in total. The van der Waals surface area contributed by atoms with E-state index in [4.69, 9.17) is 0 Å². The van der Waals surface area contributed by atoms with Gasteiger partial charge in [0.05, 0.1) is 30.3 Å². The Labute approximate surface area is 106 Å². The van der Waals surface area contributed by atoms with Crippen molar-refractivity contribution in [2.45, 2.75) is 24.3 Å². The molecule has 0 heterocycles. The second kappa shape index (κ2) is 5.97. The van der Waals surface area contributed by atoms with Crippen LogP contribution in [0.3, 0.4) is 0 Å². The van der Waals surface area contributed by atoms with Gasteiger partial charge in [0.15, 0.2) is 9.84 Å². The van der Waals surface area contributed by atoms with Crippen molar-refractivity contribution in [1.29, 1.82) is 0 Å². The minimum absolute atomic E-state index is 0.135. The third-order valence-electron chi connectivity index (χ3n) is 2.52. The van der Waals surface area contributed by atoms with E-state index >= 15 is 0 Å². The Balaban J connectivity index is 2.82. The molecule has 0 aliphatic rings. The standard InChI is InChI=1S/C12H16O5S/c1-9(13)10-3-5-11(6-4-10)18(15,16)8-7-12(14)17-2/h3-6,9,13H,7-8H2,1-2H3. The summed E-state index contributed by atoms with van der Waals surface area (Å²) >= 11 is 0. The molecule has 0 spiro atoms. The lowest BCUT2D eigenvalue weighted by atomic mass is 10.1. The quantitative estimate of drug-likeness (QED) is 0.811. The van der Waals surface area contributed by atoms with Crippen molar-refractivity contribution in [2.75, 3.05) is 12.9 Å². The number of benzene rings is 1. The second-order valence-electron chi connectivity index (χ2n) is 3.89. The first-order valence-electron chi connectivity index (χ1n) is 5.44. The molecule has 1 unspecified atom stereocenters. The maximum atomic E-state index is 11.9. The molecule has 0 saturated carbocycles. The predicted molar refractivity (Wildman–Crippen MR) is 65.8 cm³/mol. The Morgan fingerprint density at radius 1 is 1.33 bits per heavy atom. The lowest BCUT2D eigenvalue weighted by Gasteiger charge is -2.07. The van der Waals surface area contributed by atoms with Gasteiger partial charge < -0.3 is 9.84 Å². The highest BCUT2D eigenvalue weighted by Crippen LogP contribution is 2.17. The molecule has 1 atom stereocenters. The zero-order chi connectivity index (χ0) is 13.8. The highest BCUT2D eigenvalue weighted by Gasteiger charge is 2.16. The Kier molecular flexibility index (Phi) is 4.86. The van der Waals surface area contributed by atoms with Crippen molar-refractivity contribution in [3.05, 3.63) is 29.8 Å². The fraction of sp³-hybridized carbons (Fsp3) is 0.417. The molecule has 5 nitrogen and oxygen atoms in total. The fourth-order valence-corrected chi connectivity index (χ4v) is 2.61. The molecule has 0 radical (unpaired) electrons. The zero-order valence-electron chi connectivity index (χ0n) is 10.3. The van der Waals surface area contributed by atoms with Gasteiger partial charge >= 0.3 is 5.97 Å². The molecule has 0 bridgehead atoms. The number of carbonyl (C=O) groups excluding carboxylic acids is 1. The van der Waals surface area contributed by atoms with Crippen LogP contribution in [-0.2, 0) is 19.4 Å². The summed E-state index contributed by atoms with van der Waals surface area (Å²) in [6, 6.07) is 5.95. The van der Waals surface area contributed by atoms with Gasteiger partial charge in [-0.05, 0) is 24.6 Å². The van der Waals surface area contributed by atoms with E-state index in [2.05, 4.69) is 4.74 Å². The van der Waals surface area contributed by atoms with E-state index < -0.39 is 21.9 Å². The van der Waals surface area contributed by atoms with Crippen LogP contribution in [0.15, 0.2) is 29.2 Å². The van der Waals surface area contributed by atoms with Gasteiger partial charge in [-0.2, -0.15) is 0 Å². The largest absolute Gasteiger partial charge is 0.469 e. The van der Waals surface area contributed by atoms with E-state index in [1.165, 1.54) is 19.2 Å². The third kappa shape index (κ3) is 3.82. The SMILES string of the molecule is COC(=O)CCS(=O)(=O)c1ccc(C(C)O)cc1. The summed E-state index contributed by atoms with van der Waals surface area (Å²) in [5.41, 5.74) is 0.641. The highest BCUT2D eigenvalue weighted by atomic mass is 32.2. The number of sulfone groups is 1. The topological polar surface area (TPSA) is 80.7 Å². The summed E-state index contributed by atoms with van der Waals surface area (Å²) in [5, 5.41) is 9.31. The summed E-state index contributed by atoms with van der Waals surface area (Å²) in [4.78, 5) is 11.0. The van der Waals surface area contributed by atoms with Gasteiger partial charge in [0.1, 0.15) is 0 Å². The second-order valence-corrected chi connectivity index (χ2v) is 6.00. The average molecular weight is 272 g/mol. The van der Waals surface area contributed by atoms with Gasteiger partial charge in [-0.25, -0.2) is 8.42 Å². The molecular formula is C12H16O5S. The van der Waals surface area contributed by atoms with E-state index in [1.54, 1.807) is 19.1 Å². The number of hydrogen-bond acceptors (Lipinski definition) is 5. The summed E-state index contributed by atoms with van der Waals surface area (Å²) in [6.45, 7) is 1.60. The Morgan fingerprint density at radius 3 is 2.33 bits per heavy atom. The van der Waals surface area contributed by atoms with Gasteiger partial charge in [0.2, 0.25) is 0 Å². The molecule has 1 aromatic carbocycles. The molecule has 100 valence electrons. The van der Waals surface area contributed by atoms with Gasteiger partial charge in [0, 0.05) is 0 Å². The summed E-state index contributed by atoms with van der Waals surface area (Å²) < 4.78 is 28.1. The third-order valence-corrected chi connectivity index (χ3v) is 4.26. The minimum atomic E-state index is -3.49. The van der Waals surface area contributed by atoms with Crippen LogP contribution in [0.25, 0.3) is 0 Å². The van der Waals surface area contributed by atoms with Crippen molar-refractivity contribution in [1.82, 2.24) is 0 Å². The molecular weight excluding hydrogens is 256 g/mol. The zero-order valence-corrected chi connectivity index (χ0v) is 11.1. The highest BCUT2D eigenvalue weighted by molar-refractivity contribution is 7.91. The monoisotopic (exact) mass is 272 g/mol. The summed E-state index contributed by atoms with van der Waals surface area (Å²) in [5.74, 6) is -0.840. The maximum absolute atomic E-state index is 11.9. The average Bonchev–Trinajstić information content (AvgIpc) is 2.36. The molecule has 0 aromatic heterocycles. The molecule has 0 aliphatic heterocycles. The van der Waals surface area contributed by atoms with Crippen molar-refractivity contribution in [3.8, 4) is 0 Å². The molecule has 6 heteroatoms. The van der Waals surface area contributed by atoms with Crippen LogP contribution in [0, 0.1) is 0 Å². The Morgan fingerprint density at radius 2 is 1.89 bits per heavy atom. The smallest absolute Gasteiger partial charge is 0.306 e. The van der Waals surface area contributed by atoms with Crippen LogP contribution < -0.4 is 0 Å². The first-order valence-corrected chi connectivity index (χ1v) is 7.09. The van der Waals surface area contributed by atoms with Crippen molar-refractivity contribution in [3.63, 3.8) is 0 Å². The van der Waals surface area contributed by atoms with E-state index in [0.717, 1.165) is 0 Å².